The first-order valence-electron chi connectivity index (χ1n) is 15.0. The second-order valence-corrected chi connectivity index (χ2v) is 11.0. The van der Waals surface area contributed by atoms with Crippen LogP contribution in [0.25, 0.3) is 11.1 Å². The molecule has 222 valence electrons. The number of likely N-dealkylation sites (tertiary alicyclic amines) is 1. The molecule has 1 saturated heterocycles. The summed E-state index contributed by atoms with van der Waals surface area (Å²) in [5.41, 5.74) is 6.03. The van der Waals surface area contributed by atoms with Crippen LogP contribution in [0.4, 0.5) is 10.5 Å². The normalized spacial score (nSPS) is 13.8. The Bertz CT molecular complexity index is 1480. The maximum Gasteiger partial charge on any atom is 0.411 e. The molecular weight excluding hydrogens is 538 g/mol. The number of aromatic hydroxyl groups is 1. The van der Waals surface area contributed by atoms with Gasteiger partial charge < -0.3 is 20.1 Å². The third-order valence-corrected chi connectivity index (χ3v) is 7.81. The predicted molar refractivity (Wildman–Crippen MR) is 170 cm³/mol. The molecule has 0 bridgehead atoms. The van der Waals surface area contributed by atoms with Crippen molar-refractivity contribution in [1.29, 1.82) is 0 Å². The molecule has 0 atom stereocenters. The van der Waals surface area contributed by atoms with Crippen molar-refractivity contribution < 1.29 is 19.4 Å². The number of rotatable bonds is 11. The van der Waals surface area contributed by atoms with Gasteiger partial charge in [0.05, 0.1) is 12.1 Å². The van der Waals surface area contributed by atoms with Crippen LogP contribution in [-0.4, -0.2) is 54.3 Å². The number of para-hydroxylation sites is 1. The van der Waals surface area contributed by atoms with Gasteiger partial charge in [0.25, 0.3) is 0 Å². The Morgan fingerprint density at radius 3 is 2.23 bits per heavy atom. The Balaban J connectivity index is 0.984. The average molecular weight is 578 g/mol. The van der Waals surface area contributed by atoms with Crippen molar-refractivity contribution in [3.8, 4) is 16.9 Å². The number of ether oxygens (including phenoxy) is 1. The van der Waals surface area contributed by atoms with E-state index in [1.165, 1.54) is 11.1 Å². The lowest BCUT2D eigenvalue weighted by Crippen LogP contribution is -2.39. The molecule has 0 aliphatic carbocycles. The number of piperidine rings is 1. The Morgan fingerprint density at radius 1 is 0.791 bits per heavy atom. The molecule has 7 heteroatoms. The number of hydrogen-bond acceptors (Lipinski definition) is 5. The van der Waals surface area contributed by atoms with Gasteiger partial charge in [-0.2, -0.15) is 0 Å². The highest BCUT2D eigenvalue weighted by molar-refractivity contribution is 5.91. The molecule has 7 nitrogen and oxygen atoms in total. The van der Waals surface area contributed by atoms with Crippen LogP contribution in [0.2, 0.25) is 0 Å². The average Bonchev–Trinajstić information content (AvgIpc) is 3.02. The van der Waals surface area contributed by atoms with Gasteiger partial charge in [-0.05, 0) is 66.1 Å². The summed E-state index contributed by atoms with van der Waals surface area (Å²) in [4.78, 5) is 27.3. The van der Waals surface area contributed by atoms with Gasteiger partial charge in [-0.1, -0.05) is 84.9 Å². The van der Waals surface area contributed by atoms with Crippen molar-refractivity contribution in [2.75, 3.05) is 31.5 Å². The number of anilines is 1. The van der Waals surface area contributed by atoms with Crippen molar-refractivity contribution in [3.05, 3.63) is 120 Å². The minimum absolute atomic E-state index is 0.0505. The minimum Gasteiger partial charge on any atom is -0.508 e. The van der Waals surface area contributed by atoms with E-state index in [4.69, 9.17) is 4.74 Å². The van der Waals surface area contributed by atoms with E-state index in [-0.39, 0.29) is 24.2 Å². The maximum atomic E-state index is 12.7. The molecule has 3 N–H and O–H groups in total. The smallest absolute Gasteiger partial charge is 0.411 e. The zero-order chi connectivity index (χ0) is 29.9. The van der Waals surface area contributed by atoms with E-state index >= 15 is 0 Å². The third-order valence-electron chi connectivity index (χ3n) is 7.81. The molecule has 1 aliphatic heterocycles. The minimum atomic E-state index is -0.405. The lowest BCUT2D eigenvalue weighted by atomic mass is 10.0. The topological polar surface area (TPSA) is 90.9 Å². The molecule has 1 aliphatic rings. The van der Waals surface area contributed by atoms with Crippen molar-refractivity contribution in [1.82, 2.24) is 10.2 Å². The molecule has 4 aromatic rings. The van der Waals surface area contributed by atoms with Crippen LogP contribution in [0.15, 0.2) is 103 Å². The van der Waals surface area contributed by atoms with Gasteiger partial charge in [-0.3, -0.25) is 10.1 Å². The fourth-order valence-electron chi connectivity index (χ4n) is 5.42. The summed E-state index contributed by atoms with van der Waals surface area (Å²) in [6.07, 6.45) is 3.15. The number of phenols is 1. The summed E-state index contributed by atoms with van der Waals surface area (Å²) in [5, 5.41) is 15.4. The fraction of sp³-hybridized carbons (Fsp3) is 0.278. The van der Waals surface area contributed by atoms with E-state index < -0.39 is 6.09 Å². The lowest BCUT2D eigenvalue weighted by molar-refractivity contribution is -0.120. The molecule has 0 aromatic heterocycles. The van der Waals surface area contributed by atoms with E-state index in [2.05, 4.69) is 39.8 Å². The van der Waals surface area contributed by atoms with E-state index in [1.807, 2.05) is 60.7 Å². The molecule has 0 radical (unpaired) electrons. The number of phenolic OH excluding ortho intramolecular Hbond substituents is 1. The maximum absolute atomic E-state index is 12.7. The van der Waals surface area contributed by atoms with E-state index in [0.717, 1.165) is 67.7 Å². The van der Waals surface area contributed by atoms with Crippen LogP contribution in [0.1, 0.15) is 29.5 Å². The fourth-order valence-corrected chi connectivity index (χ4v) is 5.42. The molecule has 0 unspecified atom stereocenters. The van der Waals surface area contributed by atoms with Gasteiger partial charge in [0.2, 0.25) is 5.91 Å². The highest BCUT2D eigenvalue weighted by Crippen LogP contribution is 2.28. The van der Waals surface area contributed by atoms with Crippen LogP contribution < -0.4 is 10.6 Å². The number of hydrogen-bond donors (Lipinski definition) is 3. The summed E-state index contributed by atoms with van der Waals surface area (Å²) >= 11 is 0. The molecule has 1 fully saturated rings. The van der Waals surface area contributed by atoms with Gasteiger partial charge in [0.15, 0.2) is 0 Å². The molecule has 4 aromatic carbocycles. The van der Waals surface area contributed by atoms with Crippen LogP contribution >= 0.6 is 0 Å². The monoisotopic (exact) mass is 577 g/mol. The van der Waals surface area contributed by atoms with Gasteiger partial charge in [0.1, 0.15) is 11.9 Å². The predicted octanol–water partition coefficient (Wildman–Crippen LogP) is 6.22. The van der Waals surface area contributed by atoms with E-state index in [9.17, 15) is 14.7 Å². The molecule has 43 heavy (non-hydrogen) atoms. The van der Waals surface area contributed by atoms with Crippen molar-refractivity contribution >= 4 is 17.7 Å². The van der Waals surface area contributed by atoms with Crippen LogP contribution in [0.5, 0.6) is 5.75 Å². The number of carbonyl (C=O) groups is 2. The van der Waals surface area contributed by atoms with Crippen LogP contribution in [0.3, 0.4) is 0 Å². The zero-order valence-electron chi connectivity index (χ0n) is 24.4. The standard InChI is InChI=1S/C36H39N3O4/c40-31-10-6-7-29(25-31)26-35(41)37-21-17-27-13-15-28(16-14-27)18-22-39-23-19-32(20-24-39)43-36(42)38-34-12-5-4-11-33(34)30-8-2-1-3-9-30/h1-16,25,32,40H,17-24,26H2,(H,37,41)(H,38,42). The Labute approximate surface area is 253 Å². The number of nitrogens with one attached hydrogen (secondary N) is 2. The van der Waals surface area contributed by atoms with Gasteiger partial charge in [0, 0.05) is 31.7 Å². The third kappa shape index (κ3) is 9.18. The largest absolute Gasteiger partial charge is 0.508 e. The molecule has 5 rings (SSSR count). The van der Waals surface area contributed by atoms with Crippen LogP contribution in [-0.2, 0) is 28.8 Å². The second-order valence-electron chi connectivity index (χ2n) is 11.0. The summed E-state index contributed by atoms with van der Waals surface area (Å²) < 4.78 is 5.78. The SMILES string of the molecule is O=C(Cc1cccc(O)c1)NCCc1ccc(CCN2CCC(OC(=O)Nc3ccccc3-c3ccccc3)CC2)cc1. The number of nitrogens with zero attached hydrogens (tertiary/aromatic N) is 1. The van der Waals surface area contributed by atoms with Crippen molar-refractivity contribution in [2.24, 2.45) is 0 Å². The van der Waals surface area contributed by atoms with Gasteiger partial charge in [-0.25, -0.2) is 4.79 Å². The summed E-state index contributed by atoms with van der Waals surface area (Å²) in [6.45, 7) is 3.34. The number of benzene rings is 4. The van der Waals surface area contributed by atoms with Gasteiger partial charge in [-0.15, -0.1) is 0 Å². The quantitative estimate of drug-likeness (QED) is 0.197. The molecule has 2 amide bonds. The van der Waals surface area contributed by atoms with Crippen LogP contribution in [0, 0.1) is 0 Å². The van der Waals surface area contributed by atoms with E-state index in [1.54, 1.807) is 18.2 Å². The first-order chi connectivity index (χ1) is 21.0. The summed E-state index contributed by atoms with van der Waals surface area (Å²) in [5.74, 6) is 0.121. The Morgan fingerprint density at radius 2 is 1.49 bits per heavy atom. The Hall–Kier alpha value is -4.62. The van der Waals surface area contributed by atoms with Gasteiger partial charge >= 0.3 is 6.09 Å². The lowest BCUT2D eigenvalue weighted by Gasteiger charge is -2.31. The first-order valence-corrected chi connectivity index (χ1v) is 15.0. The van der Waals surface area contributed by atoms with Crippen molar-refractivity contribution in [3.63, 3.8) is 0 Å². The Kier molecular flexibility index (Phi) is 10.4. The molecular formula is C36H39N3O4. The molecule has 0 saturated carbocycles. The summed E-state index contributed by atoms with van der Waals surface area (Å²) in [7, 11) is 0. The number of carbonyl (C=O) groups excluding carboxylic acids is 2. The molecule has 0 spiro atoms. The van der Waals surface area contributed by atoms with Crippen molar-refractivity contribution in [2.45, 2.75) is 38.2 Å². The second kappa shape index (κ2) is 15.0. The number of amides is 2. The summed E-state index contributed by atoms with van der Waals surface area (Å²) in [6, 6.07) is 33.2. The zero-order valence-corrected chi connectivity index (χ0v) is 24.4. The first kappa shape index (κ1) is 29.9. The van der Waals surface area contributed by atoms with E-state index in [0.29, 0.717) is 6.54 Å². The molecule has 1 heterocycles. The highest BCUT2D eigenvalue weighted by Gasteiger charge is 2.22. The highest BCUT2D eigenvalue weighted by atomic mass is 16.6.